The lowest BCUT2D eigenvalue weighted by atomic mass is 9.97. The second-order valence-electron chi connectivity index (χ2n) is 26.0. The molecule has 3 N–H and O–H groups in total. The van der Waals surface area contributed by atoms with Gasteiger partial charge >= 0.3 is 5.97 Å². The van der Waals surface area contributed by atoms with Gasteiger partial charge < -0.3 is 55.0 Å². The molecule has 0 aliphatic carbocycles. The topological polar surface area (TPSA) is 273 Å². The average Bonchev–Trinajstić information content (AvgIpc) is 4.39. The number of ether oxygens (including phenoxy) is 1. The van der Waals surface area contributed by atoms with Gasteiger partial charge in [0.1, 0.15) is 67.0 Å². The van der Waals surface area contributed by atoms with Crippen LogP contribution in [0.3, 0.4) is 0 Å². The number of amides is 10. The molecule has 0 aromatic rings. The summed E-state index contributed by atoms with van der Waals surface area (Å²) >= 11 is 0. The quantitative estimate of drug-likeness (QED) is 0.157. The summed E-state index contributed by atoms with van der Waals surface area (Å²) in [4.78, 5) is 182. The van der Waals surface area contributed by atoms with Gasteiger partial charge in [0.05, 0.1) is 0 Å². The van der Waals surface area contributed by atoms with Gasteiger partial charge in [0, 0.05) is 54.2 Å². The number of esters is 1. The predicted molar refractivity (Wildman–Crippen MR) is 310 cm³/mol. The Kier molecular flexibility index (Phi) is 25.1. The Morgan fingerprint density at radius 3 is 1.84 bits per heavy atom. The first kappa shape index (κ1) is 69.3. The number of Topliss-reactive ketones (excluding diaryl/α,β-unsaturated/α-hetero) is 1. The number of fused-ring (bicyclic) bond motifs is 2. The Hall–Kier alpha value is -6.16. The second-order valence-corrected chi connectivity index (χ2v) is 26.0. The molecule has 0 aromatic heterocycles. The predicted octanol–water partition coefficient (Wildman–Crippen LogP) is 2.61. The van der Waals surface area contributed by atoms with E-state index in [1.807, 2.05) is 55.4 Å². The van der Waals surface area contributed by atoms with Crippen LogP contribution < -0.4 is 16.0 Å². The fourth-order valence-electron chi connectivity index (χ4n) is 12.5. The minimum Gasteiger partial charge on any atom is -0.459 e. The highest BCUT2D eigenvalue weighted by atomic mass is 16.5. The highest BCUT2D eigenvalue weighted by Gasteiger charge is 2.49. The molecule has 23 heteroatoms. The van der Waals surface area contributed by atoms with Gasteiger partial charge in [0.25, 0.3) is 5.91 Å². The van der Waals surface area contributed by atoms with Crippen molar-refractivity contribution in [2.75, 3.05) is 54.4 Å². The third-order valence-electron chi connectivity index (χ3n) is 16.8. The van der Waals surface area contributed by atoms with Gasteiger partial charge in [-0.3, -0.25) is 57.5 Å². The van der Waals surface area contributed by atoms with Crippen molar-refractivity contribution in [3.05, 3.63) is 0 Å². The molecule has 23 nitrogen and oxygen atoms in total. The number of ketones is 1. The fraction of sp³-hybridized carbons (Fsp3) is 0.800. The standard InChI is InChI=1S/C60H100N10O13/c1-19-46(71)58(80)66(17)49(36(10)11)60(82)70-31-38(13)28-45(70)57(79)67(18)50-39(14)83-47(72)29-61-51(73)43(26-34(6)7)64(15)56(78)42-21-20-24-68(42)59(81)48(35(8)9)65(16)54(76)40(23-22-32(2)3)62-52(74)44-27-37(12)30-69(44)55(77)41(25-33(4)5)63-53(50)75/h32-45,48-50H,19-31H2,1-18H3,(H,61,73)(H,62,74)(H,63,75)/t37?,38?,39?,40-,41-,42-,43-,44-,45-,48-,49-,50-/m0/s1. The Balaban J connectivity index is 1.88. The molecule has 4 heterocycles. The molecule has 0 aromatic carbocycles. The van der Waals surface area contributed by atoms with Crippen molar-refractivity contribution in [3.8, 4) is 0 Å². The van der Waals surface area contributed by atoms with E-state index in [1.54, 1.807) is 27.7 Å². The van der Waals surface area contributed by atoms with E-state index in [1.165, 1.54) is 66.5 Å². The maximum absolute atomic E-state index is 15.2. The minimum atomic E-state index is -1.68. The maximum Gasteiger partial charge on any atom is 0.325 e. The van der Waals surface area contributed by atoms with Gasteiger partial charge in [0.15, 0.2) is 0 Å². The molecule has 0 radical (unpaired) electrons. The number of hydrogen-bond acceptors (Lipinski definition) is 13. The SMILES string of the molecule is CCC(=O)C(=O)N(C)[C@H](C(=O)N1CC(C)C[C@H]1C(=O)N(C)[C@@H]1C(=O)N[C@@H](CC(C)C)C(=O)N2CC(C)C[C@H]2C(=O)N[C@@H](CCC(C)C)C(=O)N(C)[C@@H](C(C)C)C(=O)N2CCC[C@H]2C(=O)N(C)[C@@H](CC(C)C)C(=O)NCC(=O)OC1C)C(C)C. The van der Waals surface area contributed by atoms with E-state index >= 15 is 14.4 Å². The van der Waals surface area contributed by atoms with Crippen molar-refractivity contribution in [2.45, 2.75) is 215 Å². The Bertz CT molecular complexity index is 2400. The number of carbonyl (C=O) groups is 12. The number of nitrogens with one attached hydrogen (secondary N) is 3. The van der Waals surface area contributed by atoms with Crippen LogP contribution in [0.1, 0.15) is 155 Å². The van der Waals surface area contributed by atoms with Crippen LogP contribution in [0.4, 0.5) is 0 Å². The smallest absolute Gasteiger partial charge is 0.325 e. The van der Waals surface area contributed by atoms with Crippen LogP contribution in [-0.4, -0.2) is 220 Å². The molecule has 83 heavy (non-hydrogen) atoms. The summed E-state index contributed by atoms with van der Waals surface area (Å²) in [5.74, 6) is -9.76. The number of carbonyl (C=O) groups excluding carboxylic acids is 12. The van der Waals surface area contributed by atoms with Crippen LogP contribution in [0.2, 0.25) is 0 Å². The molecule has 4 aliphatic heterocycles. The summed E-state index contributed by atoms with van der Waals surface area (Å²) < 4.78 is 5.92. The van der Waals surface area contributed by atoms with Gasteiger partial charge in [0.2, 0.25) is 58.9 Å². The van der Waals surface area contributed by atoms with Crippen molar-refractivity contribution in [1.82, 2.24) is 50.2 Å². The summed E-state index contributed by atoms with van der Waals surface area (Å²) in [6, 6.07) is -10.6. The molecule has 4 fully saturated rings. The van der Waals surface area contributed by atoms with E-state index < -0.39 is 150 Å². The van der Waals surface area contributed by atoms with Crippen LogP contribution in [0.25, 0.3) is 0 Å². The van der Waals surface area contributed by atoms with E-state index in [0.717, 1.165) is 9.80 Å². The van der Waals surface area contributed by atoms with E-state index in [0.29, 0.717) is 12.8 Å². The lowest BCUT2D eigenvalue weighted by molar-refractivity contribution is -0.160. The van der Waals surface area contributed by atoms with Crippen LogP contribution in [-0.2, 0) is 62.3 Å². The monoisotopic (exact) mass is 1170 g/mol. The molecule has 468 valence electrons. The molecule has 0 spiro atoms. The Labute approximate surface area is 492 Å². The fourth-order valence-corrected chi connectivity index (χ4v) is 12.5. The third-order valence-corrected chi connectivity index (χ3v) is 16.8. The van der Waals surface area contributed by atoms with Crippen LogP contribution >= 0.6 is 0 Å². The van der Waals surface area contributed by atoms with Crippen molar-refractivity contribution >= 4 is 70.8 Å². The first-order valence-electron chi connectivity index (χ1n) is 30.3. The molecule has 0 saturated carbocycles. The minimum absolute atomic E-state index is 0.0669. The highest BCUT2D eigenvalue weighted by molar-refractivity contribution is 6.36. The molecular formula is C60H100N10O13. The molecule has 12 atom stereocenters. The number of likely N-dealkylation sites (tertiary alicyclic amines) is 1. The zero-order valence-electron chi connectivity index (χ0n) is 52.9. The summed E-state index contributed by atoms with van der Waals surface area (Å²) in [5, 5.41) is 8.44. The number of hydrogen-bond donors (Lipinski definition) is 3. The molecule has 0 bridgehead atoms. The van der Waals surface area contributed by atoms with Gasteiger partial charge in [-0.2, -0.15) is 0 Å². The number of nitrogens with zero attached hydrogens (tertiary/aromatic N) is 7. The van der Waals surface area contributed by atoms with Crippen LogP contribution in [0, 0.1) is 41.4 Å². The average molecular weight is 1170 g/mol. The number of rotatable bonds is 15. The zero-order chi connectivity index (χ0) is 62.8. The second kappa shape index (κ2) is 30.1. The lowest BCUT2D eigenvalue weighted by Crippen LogP contribution is -2.62. The Morgan fingerprint density at radius 2 is 1.28 bits per heavy atom. The van der Waals surface area contributed by atoms with Gasteiger partial charge in [-0.15, -0.1) is 0 Å². The largest absolute Gasteiger partial charge is 0.459 e. The number of cyclic esters (lactones) is 1. The van der Waals surface area contributed by atoms with E-state index in [2.05, 4.69) is 16.0 Å². The van der Waals surface area contributed by atoms with Crippen molar-refractivity contribution in [2.24, 2.45) is 41.4 Å². The van der Waals surface area contributed by atoms with Gasteiger partial charge in [-0.05, 0) is 99.7 Å². The third kappa shape index (κ3) is 17.0. The van der Waals surface area contributed by atoms with Crippen molar-refractivity contribution in [1.29, 1.82) is 0 Å². The van der Waals surface area contributed by atoms with E-state index in [4.69, 9.17) is 4.74 Å². The van der Waals surface area contributed by atoms with Gasteiger partial charge in [-0.25, -0.2) is 0 Å². The van der Waals surface area contributed by atoms with E-state index in [-0.39, 0.29) is 94.2 Å². The normalized spacial score (nSPS) is 28.3. The summed E-state index contributed by atoms with van der Waals surface area (Å²) in [6.45, 7) is 24.8. The number of likely N-dealkylation sites (N-methyl/N-ethyl adjacent to an activating group) is 4. The lowest BCUT2D eigenvalue weighted by Gasteiger charge is -2.38. The molecule has 4 aliphatic rings. The first-order valence-corrected chi connectivity index (χ1v) is 30.3. The molecule has 3 unspecified atom stereocenters. The van der Waals surface area contributed by atoms with E-state index in [9.17, 15) is 43.2 Å². The summed E-state index contributed by atoms with van der Waals surface area (Å²) in [7, 11) is 5.67. The van der Waals surface area contributed by atoms with Crippen LogP contribution in [0.5, 0.6) is 0 Å². The molecule has 4 saturated heterocycles. The van der Waals surface area contributed by atoms with Crippen LogP contribution in [0.15, 0.2) is 0 Å². The molecule has 10 amide bonds. The van der Waals surface area contributed by atoms with Crippen molar-refractivity contribution < 1.29 is 62.3 Å². The molecular weight excluding hydrogens is 1070 g/mol. The van der Waals surface area contributed by atoms with Gasteiger partial charge in [-0.1, -0.05) is 90.0 Å². The zero-order valence-corrected chi connectivity index (χ0v) is 52.9. The first-order chi connectivity index (χ1) is 38.7. The molecule has 4 rings (SSSR count). The Morgan fingerprint density at radius 1 is 0.675 bits per heavy atom. The van der Waals surface area contributed by atoms with Crippen molar-refractivity contribution in [3.63, 3.8) is 0 Å². The highest BCUT2D eigenvalue weighted by Crippen LogP contribution is 2.31. The summed E-state index contributed by atoms with van der Waals surface area (Å²) in [6.07, 6.45) is 0.532. The maximum atomic E-state index is 15.2. The summed E-state index contributed by atoms with van der Waals surface area (Å²) in [5.41, 5.74) is 0.